The fraction of sp³-hybridized carbons (Fsp3) is 0.312. The molecule has 1 aromatic heterocycles. The molecule has 8 heteroatoms. The Balaban J connectivity index is 2.11. The number of carbonyl (C=O) groups excluding carboxylic acids is 2. The second kappa shape index (κ2) is 8.68. The third kappa shape index (κ3) is 4.56. The molecule has 0 atom stereocenters. The maximum absolute atomic E-state index is 12.7. The van der Waals surface area contributed by atoms with E-state index in [1.165, 1.54) is 31.4 Å². The van der Waals surface area contributed by atoms with Crippen LogP contribution in [0.2, 0.25) is 0 Å². The van der Waals surface area contributed by atoms with Crippen molar-refractivity contribution in [3.63, 3.8) is 0 Å². The Morgan fingerprint density at radius 1 is 1.25 bits per heavy atom. The van der Waals surface area contributed by atoms with Gasteiger partial charge in [-0.1, -0.05) is 17.3 Å². The van der Waals surface area contributed by atoms with Gasteiger partial charge in [0.1, 0.15) is 18.6 Å². The van der Waals surface area contributed by atoms with E-state index in [9.17, 15) is 9.59 Å². The number of hydrogen-bond acceptors (Lipinski definition) is 6. The zero-order chi connectivity index (χ0) is 17.4. The molecule has 0 saturated heterocycles. The number of aromatic nitrogens is 1. The van der Waals surface area contributed by atoms with Crippen LogP contribution in [0.25, 0.3) is 0 Å². The van der Waals surface area contributed by atoms with Crippen molar-refractivity contribution in [1.82, 2.24) is 10.1 Å². The van der Waals surface area contributed by atoms with Gasteiger partial charge < -0.3 is 24.2 Å². The summed E-state index contributed by atoms with van der Waals surface area (Å²) in [6.07, 6.45) is 1.35. The fourth-order valence-corrected chi connectivity index (χ4v) is 2.08. The highest BCUT2D eigenvalue weighted by Gasteiger charge is 2.21. The van der Waals surface area contributed by atoms with Crippen LogP contribution in [0.4, 0.5) is 5.82 Å². The molecule has 0 spiro atoms. The molecule has 128 valence electrons. The third-order valence-electron chi connectivity index (χ3n) is 3.23. The molecule has 1 aromatic carbocycles. The first kappa shape index (κ1) is 17.5. The standard InChI is InChI=1S/C16H19N3O5/c1-22-10-8-19(11-15(20)17-14-7-9-24-18-14)16(21)12-5-3-4-6-13(12)23-2/h3-7,9H,8,10-11H2,1-2H3,(H,17,18,20). The molecule has 0 radical (unpaired) electrons. The van der Waals surface area contributed by atoms with E-state index >= 15 is 0 Å². The Kier molecular flexibility index (Phi) is 6.32. The minimum absolute atomic E-state index is 0.146. The van der Waals surface area contributed by atoms with Crippen molar-refractivity contribution in [1.29, 1.82) is 0 Å². The van der Waals surface area contributed by atoms with E-state index < -0.39 is 0 Å². The molecule has 0 aliphatic carbocycles. The summed E-state index contributed by atoms with van der Waals surface area (Å²) in [5, 5.41) is 6.15. The number of nitrogens with one attached hydrogen (secondary N) is 1. The van der Waals surface area contributed by atoms with Crippen molar-refractivity contribution < 1.29 is 23.6 Å². The summed E-state index contributed by atoms with van der Waals surface area (Å²) in [5.41, 5.74) is 0.380. The predicted octanol–water partition coefficient (Wildman–Crippen LogP) is 1.41. The molecule has 0 saturated carbocycles. The molecule has 0 fully saturated rings. The summed E-state index contributed by atoms with van der Waals surface area (Å²) >= 11 is 0. The molecule has 2 aromatic rings. The van der Waals surface area contributed by atoms with Gasteiger partial charge in [0, 0.05) is 19.7 Å². The minimum Gasteiger partial charge on any atom is -0.496 e. The van der Waals surface area contributed by atoms with Crippen molar-refractivity contribution in [3.05, 3.63) is 42.2 Å². The van der Waals surface area contributed by atoms with Gasteiger partial charge in [-0.25, -0.2) is 0 Å². The largest absolute Gasteiger partial charge is 0.496 e. The second-order valence-corrected chi connectivity index (χ2v) is 4.85. The van der Waals surface area contributed by atoms with Gasteiger partial charge in [-0.15, -0.1) is 0 Å². The molecule has 0 bridgehead atoms. The normalized spacial score (nSPS) is 10.2. The van der Waals surface area contributed by atoms with Crippen LogP contribution in [0.1, 0.15) is 10.4 Å². The van der Waals surface area contributed by atoms with Crippen molar-refractivity contribution in [2.45, 2.75) is 0 Å². The molecule has 2 rings (SSSR count). The topological polar surface area (TPSA) is 93.9 Å². The highest BCUT2D eigenvalue weighted by molar-refractivity contribution is 6.00. The van der Waals surface area contributed by atoms with Crippen LogP contribution < -0.4 is 10.1 Å². The predicted molar refractivity (Wildman–Crippen MR) is 85.9 cm³/mol. The highest BCUT2D eigenvalue weighted by Crippen LogP contribution is 2.19. The summed E-state index contributed by atoms with van der Waals surface area (Å²) in [4.78, 5) is 26.2. The van der Waals surface area contributed by atoms with E-state index in [0.29, 0.717) is 17.9 Å². The van der Waals surface area contributed by atoms with Gasteiger partial charge in [0.2, 0.25) is 5.91 Å². The number of anilines is 1. The van der Waals surface area contributed by atoms with Gasteiger partial charge >= 0.3 is 0 Å². The van der Waals surface area contributed by atoms with Crippen LogP contribution in [0.3, 0.4) is 0 Å². The van der Waals surface area contributed by atoms with Crippen LogP contribution in [-0.2, 0) is 9.53 Å². The van der Waals surface area contributed by atoms with Crippen LogP contribution in [-0.4, -0.2) is 55.8 Å². The Hall–Kier alpha value is -2.87. The number of rotatable bonds is 8. The second-order valence-electron chi connectivity index (χ2n) is 4.85. The molecule has 1 N–H and O–H groups in total. The summed E-state index contributed by atoms with van der Waals surface area (Å²) < 4.78 is 14.9. The molecular formula is C16H19N3O5. The number of benzene rings is 1. The summed E-state index contributed by atoms with van der Waals surface area (Å²) in [5.74, 6) is 0.0290. The number of nitrogens with zero attached hydrogens (tertiary/aromatic N) is 2. The van der Waals surface area contributed by atoms with Gasteiger partial charge in [-0.3, -0.25) is 9.59 Å². The monoisotopic (exact) mass is 333 g/mol. The molecule has 0 aliphatic rings. The van der Waals surface area contributed by atoms with E-state index in [2.05, 4.69) is 15.0 Å². The summed E-state index contributed by atoms with van der Waals surface area (Å²) in [7, 11) is 3.02. The molecule has 0 unspecified atom stereocenters. The number of ether oxygens (including phenoxy) is 2. The van der Waals surface area contributed by atoms with Crippen LogP contribution in [0, 0.1) is 0 Å². The van der Waals surface area contributed by atoms with Gasteiger partial charge in [-0.2, -0.15) is 0 Å². The first-order chi connectivity index (χ1) is 11.7. The van der Waals surface area contributed by atoms with Crippen LogP contribution in [0.5, 0.6) is 5.75 Å². The fourth-order valence-electron chi connectivity index (χ4n) is 2.08. The SMILES string of the molecule is COCCN(CC(=O)Nc1ccon1)C(=O)c1ccccc1OC. The number of para-hydroxylation sites is 1. The van der Waals surface area contributed by atoms with Gasteiger partial charge in [0.25, 0.3) is 5.91 Å². The zero-order valence-electron chi connectivity index (χ0n) is 13.5. The zero-order valence-corrected chi connectivity index (χ0v) is 13.5. The molecule has 24 heavy (non-hydrogen) atoms. The van der Waals surface area contributed by atoms with Crippen molar-refractivity contribution in [3.8, 4) is 5.75 Å². The van der Waals surface area contributed by atoms with E-state index in [4.69, 9.17) is 9.47 Å². The summed E-state index contributed by atoms with van der Waals surface area (Å²) in [6, 6.07) is 8.36. The lowest BCUT2D eigenvalue weighted by atomic mass is 10.1. The van der Waals surface area contributed by atoms with Crippen molar-refractivity contribution in [2.24, 2.45) is 0 Å². The molecule has 1 heterocycles. The van der Waals surface area contributed by atoms with Crippen LogP contribution >= 0.6 is 0 Å². The van der Waals surface area contributed by atoms with Gasteiger partial charge in [-0.05, 0) is 12.1 Å². The van der Waals surface area contributed by atoms with E-state index in [0.717, 1.165) is 0 Å². The lowest BCUT2D eigenvalue weighted by Crippen LogP contribution is -2.40. The average molecular weight is 333 g/mol. The highest BCUT2D eigenvalue weighted by atomic mass is 16.5. The quantitative estimate of drug-likeness (QED) is 0.785. The Labute approximate surface area is 139 Å². The van der Waals surface area contributed by atoms with Gasteiger partial charge in [0.05, 0.1) is 19.3 Å². The molecular weight excluding hydrogens is 314 g/mol. The van der Waals surface area contributed by atoms with E-state index in [1.54, 1.807) is 24.3 Å². The lowest BCUT2D eigenvalue weighted by molar-refractivity contribution is -0.117. The maximum atomic E-state index is 12.7. The van der Waals surface area contributed by atoms with Crippen molar-refractivity contribution >= 4 is 17.6 Å². The van der Waals surface area contributed by atoms with E-state index in [-0.39, 0.29) is 30.7 Å². The summed E-state index contributed by atoms with van der Waals surface area (Å²) in [6.45, 7) is 0.421. The average Bonchev–Trinajstić information content (AvgIpc) is 3.10. The maximum Gasteiger partial charge on any atom is 0.258 e. The van der Waals surface area contributed by atoms with Crippen LogP contribution in [0.15, 0.2) is 41.1 Å². The van der Waals surface area contributed by atoms with Crippen molar-refractivity contribution in [2.75, 3.05) is 39.2 Å². The molecule has 8 nitrogen and oxygen atoms in total. The first-order valence-electron chi connectivity index (χ1n) is 7.27. The Morgan fingerprint density at radius 3 is 2.71 bits per heavy atom. The first-order valence-corrected chi connectivity index (χ1v) is 7.27. The number of hydrogen-bond donors (Lipinski definition) is 1. The molecule has 0 aliphatic heterocycles. The number of methoxy groups -OCH3 is 2. The smallest absolute Gasteiger partial charge is 0.258 e. The Morgan fingerprint density at radius 2 is 2.04 bits per heavy atom. The third-order valence-corrected chi connectivity index (χ3v) is 3.23. The molecule has 2 amide bonds. The Bertz CT molecular complexity index is 672. The number of amides is 2. The number of carbonyl (C=O) groups is 2. The minimum atomic E-state index is -0.386. The lowest BCUT2D eigenvalue weighted by Gasteiger charge is -2.22. The van der Waals surface area contributed by atoms with E-state index in [1.807, 2.05) is 0 Å². The van der Waals surface area contributed by atoms with Gasteiger partial charge in [0.15, 0.2) is 5.82 Å².